The lowest BCUT2D eigenvalue weighted by atomic mass is 10.2. The van der Waals surface area contributed by atoms with E-state index in [9.17, 15) is 13.6 Å². The van der Waals surface area contributed by atoms with E-state index in [2.05, 4.69) is 15.2 Å². The van der Waals surface area contributed by atoms with E-state index in [1.54, 1.807) is 30.3 Å². The summed E-state index contributed by atoms with van der Waals surface area (Å²) in [5.74, 6) is 0.0579. The standard InChI is InChI=1S/C18H18F2N2O4/c1-2-24-14-9-7-13(8-10-14)11-21-25-12-17(23)22-15-5-3-4-6-16(15)26-18(19)20/h3-11,18H,2,12H2,1H3,(H,22,23)/b21-11-. The minimum atomic E-state index is -2.98. The van der Waals surface area contributed by atoms with Gasteiger partial charge in [-0.3, -0.25) is 4.79 Å². The molecule has 138 valence electrons. The highest BCUT2D eigenvalue weighted by atomic mass is 19.3. The zero-order valence-electron chi connectivity index (χ0n) is 14.0. The zero-order chi connectivity index (χ0) is 18.8. The summed E-state index contributed by atoms with van der Waals surface area (Å²) in [5, 5.41) is 6.12. The molecule has 2 rings (SSSR count). The molecule has 0 aliphatic carbocycles. The first kappa shape index (κ1) is 19.2. The number of halogens is 2. The van der Waals surface area contributed by atoms with Gasteiger partial charge >= 0.3 is 6.61 Å². The number of amides is 1. The average molecular weight is 364 g/mol. The van der Waals surface area contributed by atoms with E-state index in [1.165, 1.54) is 24.4 Å². The van der Waals surface area contributed by atoms with E-state index in [-0.39, 0.29) is 18.0 Å². The summed E-state index contributed by atoms with van der Waals surface area (Å²) in [5.41, 5.74) is 0.890. The Morgan fingerprint density at radius 2 is 1.92 bits per heavy atom. The van der Waals surface area contributed by atoms with Crippen LogP contribution in [0.15, 0.2) is 53.7 Å². The number of rotatable bonds is 9. The first-order valence-electron chi connectivity index (χ1n) is 7.80. The summed E-state index contributed by atoms with van der Waals surface area (Å²) >= 11 is 0. The van der Waals surface area contributed by atoms with E-state index < -0.39 is 12.5 Å². The third kappa shape index (κ3) is 6.39. The van der Waals surface area contributed by atoms with Crippen LogP contribution in [0.4, 0.5) is 14.5 Å². The summed E-state index contributed by atoms with van der Waals surface area (Å²) < 4.78 is 34.3. The number of nitrogens with zero attached hydrogens (tertiary/aromatic N) is 1. The maximum absolute atomic E-state index is 12.3. The number of oxime groups is 1. The Bertz CT molecular complexity index is 736. The van der Waals surface area contributed by atoms with Gasteiger partial charge in [0, 0.05) is 0 Å². The lowest BCUT2D eigenvalue weighted by Gasteiger charge is -2.11. The average Bonchev–Trinajstić information content (AvgIpc) is 2.62. The van der Waals surface area contributed by atoms with Gasteiger partial charge < -0.3 is 19.6 Å². The number of alkyl halides is 2. The van der Waals surface area contributed by atoms with Gasteiger partial charge in [-0.1, -0.05) is 17.3 Å². The molecule has 1 N–H and O–H groups in total. The molecule has 8 heteroatoms. The highest BCUT2D eigenvalue weighted by molar-refractivity contribution is 5.93. The van der Waals surface area contributed by atoms with Crippen molar-refractivity contribution in [2.24, 2.45) is 5.16 Å². The third-order valence-electron chi connectivity index (χ3n) is 3.04. The monoisotopic (exact) mass is 364 g/mol. The predicted molar refractivity (Wildman–Crippen MR) is 92.9 cm³/mol. The van der Waals surface area contributed by atoms with Crippen molar-refractivity contribution in [1.82, 2.24) is 0 Å². The van der Waals surface area contributed by atoms with E-state index >= 15 is 0 Å². The first-order chi connectivity index (χ1) is 12.6. The van der Waals surface area contributed by atoms with Gasteiger partial charge in [-0.2, -0.15) is 8.78 Å². The number of hydrogen-bond acceptors (Lipinski definition) is 5. The predicted octanol–water partition coefficient (Wildman–Crippen LogP) is 3.68. The minimum Gasteiger partial charge on any atom is -0.494 e. The molecule has 0 aliphatic heterocycles. The van der Waals surface area contributed by atoms with Crippen LogP contribution in [0.25, 0.3) is 0 Å². The molecule has 0 saturated heterocycles. The van der Waals surface area contributed by atoms with Crippen LogP contribution in [0, 0.1) is 0 Å². The third-order valence-corrected chi connectivity index (χ3v) is 3.04. The molecule has 0 fully saturated rings. The van der Waals surface area contributed by atoms with Crippen LogP contribution in [0.5, 0.6) is 11.5 Å². The number of carbonyl (C=O) groups is 1. The fraction of sp³-hybridized carbons (Fsp3) is 0.222. The number of hydrogen-bond donors (Lipinski definition) is 1. The Morgan fingerprint density at radius 1 is 1.19 bits per heavy atom. The molecule has 0 unspecified atom stereocenters. The molecule has 2 aromatic carbocycles. The second-order valence-electron chi connectivity index (χ2n) is 4.93. The summed E-state index contributed by atoms with van der Waals surface area (Å²) in [7, 11) is 0. The molecule has 0 aliphatic rings. The molecule has 0 radical (unpaired) electrons. The number of nitrogens with one attached hydrogen (secondary N) is 1. The largest absolute Gasteiger partial charge is 0.494 e. The van der Waals surface area contributed by atoms with Gasteiger partial charge in [-0.25, -0.2) is 0 Å². The fourth-order valence-electron chi connectivity index (χ4n) is 1.97. The molecular weight excluding hydrogens is 346 g/mol. The highest BCUT2D eigenvalue weighted by Crippen LogP contribution is 2.25. The highest BCUT2D eigenvalue weighted by Gasteiger charge is 2.11. The maximum atomic E-state index is 12.3. The Balaban J connectivity index is 1.82. The van der Waals surface area contributed by atoms with Gasteiger partial charge in [0.1, 0.15) is 11.5 Å². The topological polar surface area (TPSA) is 69.2 Å². The molecule has 1 amide bonds. The van der Waals surface area contributed by atoms with Gasteiger partial charge in [-0.15, -0.1) is 0 Å². The normalized spacial score (nSPS) is 10.8. The molecule has 2 aromatic rings. The van der Waals surface area contributed by atoms with Crippen LogP contribution in [0.3, 0.4) is 0 Å². The van der Waals surface area contributed by atoms with E-state index in [0.29, 0.717) is 6.61 Å². The Labute approximate surface area is 149 Å². The van der Waals surface area contributed by atoms with Crippen LogP contribution >= 0.6 is 0 Å². The number of para-hydroxylation sites is 2. The Morgan fingerprint density at radius 3 is 2.62 bits per heavy atom. The molecule has 0 heterocycles. The van der Waals surface area contributed by atoms with Crippen molar-refractivity contribution in [2.75, 3.05) is 18.5 Å². The van der Waals surface area contributed by atoms with Gasteiger partial charge in [0.25, 0.3) is 5.91 Å². The van der Waals surface area contributed by atoms with E-state index in [0.717, 1.165) is 11.3 Å². The van der Waals surface area contributed by atoms with Crippen LogP contribution in [-0.2, 0) is 9.63 Å². The van der Waals surface area contributed by atoms with Crippen LogP contribution in [0.2, 0.25) is 0 Å². The summed E-state index contributed by atoms with van der Waals surface area (Å²) in [6.07, 6.45) is 1.44. The summed E-state index contributed by atoms with van der Waals surface area (Å²) in [6, 6.07) is 13.0. The molecule has 0 saturated carbocycles. The number of ether oxygens (including phenoxy) is 2. The van der Waals surface area contributed by atoms with Crippen molar-refractivity contribution in [3.63, 3.8) is 0 Å². The smallest absolute Gasteiger partial charge is 0.387 e. The lowest BCUT2D eigenvalue weighted by molar-refractivity contribution is -0.120. The van der Waals surface area contributed by atoms with Gasteiger partial charge in [0.2, 0.25) is 0 Å². The minimum absolute atomic E-state index is 0.122. The number of benzene rings is 2. The second kappa shape index (κ2) is 9.97. The van der Waals surface area contributed by atoms with Crippen molar-refractivity contribution in [3.8, 4) is 11.5 Å². The SMILES string of the molecule is CCOc1ccc(/C=N\OCC(=O)Nc2ccccc2OC(F)F)cc1. The van der Waals surface area contributed by atoms with E-state index in [4.69, 9.17) is 9.57 Å². The number of anilines is 1. The quantitative estimate of drug-likeness (QED) is 0.544. The van der Waals surface area contributed by atoms with Crippen molar-refractivity contribution in [3.05, 3.63) is 54.1 Å². The molecule has 6 nitrogen and oxygen atoms in total. The molecule has 0 atom stereocenters. The summed E-state index contributed by atoms with van der Waals surface area (Å²) in [6.45, 7) is -0.886. The Hall–Kier alpha value is -3.16. The van der Waals surface area contributed by atoms with Crippen molar-refractivity contribution >= 4 is 17.8 Å². The second-order valence-corrected chi connectivity index (χ2v) is 4.93. The van der Waals surface area contributed by atoms with Gasteiger partial charge in [0.05, 0.1) is 18.5 Å². The molecule has 26 heavy (non-hydrogen) atoms. The van der Waals surface area contributed by atoms with Crippen molar-refractivity contribution < 1.29 is 27.9 Å². The van der Waals surface area contributed by atoms with Gasteiger partial charge in [-0.05, 0) is 48.9 Å². The molecule has 0 spiro atoms. The van der Waals surface area contributed by atoms with Crippen molar-refractivity contribution in [1.29, 1.82) is 0 Å². The van der Waals surface area contributed by atoms with Crippen LogP contribution < -0.4 is 14.8 Å². The first-order valence-corrected chi connectivity index (χ1v) is 7.80. The molecular formula is C18H18F2N2O4. The van der Waals surface area contributed by atoms with Crippen LogP contribution in [-0.4, -0.2) is 31.9 Å². The van der Waals surface area contributed by atoms with Crippen molar-refractivity contribution in [2.45, 2.75) is 13.5 Å². The Kier molecular flexibility index (Phi) is 7.35. The number of carbonyl (C=O) groups excluding carboxylic acids is 1. The zero-order valence-corrected chi connectivity index (χ0v) is 14.0. The molecule has 0 bridgehead atoms. The summed E-state index contributed by atoms with van der Waals surface area (Å²) in [4.78, 5) is 16.7. The fourth-order valence-corrected chi connectivity index (χ4v) is 1.97. The maximum Gasteiger partial charge on any atom is 0.387 e. The van der Waals surface area contributed by atoms with Gasteiger partial charge in [0.15, 0.2) is 6.61 Å². The lowest BCUT2D eigenvalue weighted by Crippen LogP contribution is -2.18. The molecule has 0 aromatic heterocycles. The van der Waals surface area contributed by atoms with Crippen LogP contribution in [0.1, 0.15) is 12.5 Å². The van der Waals surface area contributed by atoms with E-state index in [1.807, 2.05) is 6.92 Å².